The fraction of sp³-hybridized carbons (Fsp3) is 0.350. The molecule has 1 aromatic carbocycles. The predicted molar refractivity (Wildman–Crippen MR) is 101 cm³/mol. The van der Waals surface area contributed by atoms with Crippen molar-refractivity contribution >= 4 is 10.9 Å². The number of likely N-dealkylation sites (tertiary alicyclic amines) is 1. The monoisotopic (exact) mass is 350 g/mol. The summed E-state index contributed by atoms with van der Waals surface area (Å²) in [6.07, 6.45) is 2.01. The highest BCUT2D eigenvalue weighted by Gasteiger charge is 2.30. The number of rotatable bonds is 3. The van der Waals surface area contributed by atoms with Crippen LogP contribution < -0.4 is 11.1 Å². The molecule has 1 aliphatic rings. The molecule has 2 aromatic heterocycles. The van der Waals surface area contributed by atoms with Crippen molar-refractivity contribution in [2.24, 2.45) is 14.1 Å². The van der Waals surface area contributed by atoms with E-state index in [1.807, 2.05) is 30.3 Å². The van der Waals surface area contributed by atoms with Gasteiger partial charge in [0, 0.05) is 32.4 Å². The molecule has 1 fully saturated rings. The maximum atomic E-state index is 12.7. The lowest BCUT2D eigenvalue weighted by Gasteiger charge is -2.26. The SMILES string of the molecule is Cn1c(CN2CCCC2c2nc3ccccc3c(=O)n2C)cccc1=O. The Morgan fingerprint density at radius 3 is 2.69 bits per heavy atom. The van der Waals surface area contributed by atoms with Gasteiger partial charge in [-0.25, -0.2) is 4.98 Å². The number of nitrogens with zero attached hydrogens (tertiary/aromatic N) is 4. The number of benzene rings is 1. The summed E-state index contributed by atoms with van der Waals surface area (Å²) in [4.78, 5) is 31.7. The summed E-state index contributed by atoms with van der Waals surface area (Å²) < 4.78 is 3.36. The molecule has 3 heterocycles. The summed E-state index contributed by atoms with van der Waals surface area (Å²) in [6.45, 7) is 1.59. The van der Waals surface area contributed by atoms with E-state index in [2.05, 4.69) is 4.90 Å². The van der Waals surface area contributed by atoms with Crippen LogP contribution in [0.2, 0.25) is 0 Å². The van der Waals surface area contributed by atoms with Crippen LogP contribution in [-0.2, 0) is 20.6 Å². The Hall–Kier alpha value is -2.73. The van der Waals surface area contributed by atoms with E-state index in [-0.39, 0.29) is 17.2 Å². The maximum Gasteiger partial charge on any atom is 0.261 e. The van der Waals surface area contributed by atoms with E-state index < -0.39 is 0 Å². The van der Waals surface area contributed by atoms with Gasteiger partial charge in [0.05, 0.1) is 16.9 Å². The van der Waals surface area contributed by atoms with E-state index in [4.69, 9.17) is 4.98 Å². The second-order valence-corrected chi connectivity index (χ2v) is 6.89. The van der Waals surface area contributed by atoms with Crippen molar-refractivity contribution < 1.29 is 0 Å². The average molecular weight is 350 g/mol. The van der Waals surface area contributed by atoms with Gasteiger partial charge in [-0.2, -0.15) is 0 Å². The predicted octanol–water partition coefficient (Wildman–Crippen LogP) is 1.97. The molecule has 0 radical (unpaired) electrons. The number of para-hydroxylation sites is 1. The van der Waals surface area contributed by atoms with Crippen molar-refractivity contribution in [2.75, 3.05) is 6.54 Å². The Bertz CT molecular complexity index is 1080. The van der Waals surface area contributed by atoms with Crippen molar-refractivity contribution in [3.05, 3.63) is 74.7 Å². The van der Waals surface area contributed by atoms with Gasteiger partial charge in [-0.3, -0.25) is 19.1 Å². The van der Waals surface area contributed by atoms with E-state index in [0.29, 0.717) is 11.9 Å². The van der Waals surface area contributed by atoms with Crippen molar-refractivity contribution in [1.82, 2.24) is 19.0 Å². The highest BCUT2D eigenvalue weighted by atomic mass is 16.1. The van der Waals surface area contributed by atoms with E-state index >= 15 is 0 Å². The first kappa shape index (κ1) is 16.7. The second kappa shape index (κ2) is 6.53. The highest BCUT2D eigenvalue weighted by molar-refractivity contribution is 5.77. The zero-order chi connectivity index (χ0) is 18.3. The van der Waals surface area contributed by atoms with Crippen LogP contribution in [0.25, 0.3) is 10.9 Å². The second-order valence-electron chi connectivity index (χ2n) is 6.89. The Labute approximate surface area is 151 Å². The molecule has 6 nitrogen and oxygen atoms in total. The molecule has 0 spiro atoms. The molecule has 26 heavy (non-hydrogen) atoms. The minimum absolute atomic E-state index is 0.00511. The summed E-state index contributed by atoms with van der Waals surface area (Å²) in [7, 11) is 3.60. The molecular weight excluding hydrogens is 328 g/mol. The molecule has 0 saturated carbocycles. The standard InChI is InChI=1S/C20H22N4O2/c1-22-14(7-5-11-18(22)25)13-24-12-6-10-17(24)19-21-16-9-4-3-8-15(16)20(26)23(19)2/h3-5,7-9,11,17H,6,10,12-13H2,1-2H3. The Balaban J connectivity index is 1.74. The zero-order valence-corrected chi connectivity index (χ0v) is 15.1. The molecule has 1 saturated heterocycles. The van der Waals surface area contributed by atoms with E-state index in [0.717, 1.165) is 36.4 Å². The quantitative estimate of drug-likeness (QED) is 0.725. The van der Waals surface area contributed by atoms with Gasteiger partial charge in [0.25, 0.3) is 5.56 Å². The highest BCUT2D eigenvalue weighted by Crippen LogP contribution is 2.31. The summed E-state index contributed by atoms with van der Waals surface area (Å²) in [5, 5.41) is 0.647. The topological polar surface area (TPSA) is 60.1 Å². The Morgan fingerprint density at radius 1 is 1.04 bits per heavy atom. The molecule has 1 atom stereocenters. The van der Waals surface area contributed by atoms with Crippen LogP contribution in [0.3, 0.4) is 0 Å². The van der Waals surface area contributed by atoms with Crippen LogP contribution in [0, 0.1) is 0 Å². The van der Waals surface area contributed by atoms with Gasteiger partial charge in [0.15, 0.2) is 0 Å². The molecule has 0 N–H and O–H groups in total. The first-order valence-electron chi connectivity index (χ1n) is 8.91. The van der Waals surface area contributed by atoms with Crippen LogP contribution in [-0.4, -0.2) is 25.6 Å². The first-order chi connectivity index (χ1) is 12.6. The fourth-order valence-corrected chi connectivity index (χ4v) is 3.81. The van der Waals surface area contributed by atoms with Gasteiger partial charge in [0.1, 0.15) is 5.82 Å². The minimum Gasteiger partial charge on any atom is -0.314 e. The lowest BCUT2D eigenvalue weighted by Crippen LogP contribution is -2.32. The lowest BCUT2D eigenvalue weighted by atomic mass is 10.1. The van der Waals surface area contributed by atoms with Gasteiger partial charge in [-0.1, -0.05) is 18.2 Å². The smallest absolute Gasteiger partial charge is 0.261 e. The maximum absolute atomic E-state index is 12.7. The average Bonchev–Trinajstić information content (AvgIpc) is 3.10. The third-order valence-electron chi connectivity index (χ3n) is 5.33. The molecule has 1 unspecified atom stereocenters. The summed E-state index contributed by atoms with van der Waals surface area (Å²) >= 11 is 0. The molecular formula is C20H22N4O2. The number of aromatic nitrogens is 3. The van der Waals surface area contributed by atoms with Gasteiger partial charge in [-0.05, 0) is 37.6 Å². The van der Waals surface area contributed by atoms with Crippen LogP contribution in [0.1, 0.15) is 30.4 Å². The number of pyridine rings is 1. The van der Waals surface area contributed by atoms with E-state index in [9.17, 15) is 9.59 Å². The Morgan fingerprint density at radius 2 is 1.85 bits per heavy atom. The molecule has 6 heteroatoms. The minimum atomic E-state index is -0.00967. The van der Waals surface area contributed by atoms with Crippen molar-refractivity contribution in [3.63, 3.8) is 0 Å². The largest absolute Gasteiger partial charge is 0.314 e. The first-order valence-corrected chi connectivity index (χ1v) is 8.91. The van der Waals surface area contributed by atoms with Crippen LogP contribution >= 0.6 is 0 Å². The summed E-state index contributed by atoms with van der Waals surface area (Å²) in [6, 6.07) is 12.9. The summed E-state index contributed by atoms with van der Waals surface area (Å²) in [5.41, 5.74) is 1.69. The van der Waals surface area contributed by atoms with E-state index in [1.165, 1.54) is 0 Å². The molecule has 1 aliphatic heterocycles. The molecule has 0 bridgehead atoms. The fourth-order valence-electron chi connectivity index (χ4n) is 3.81. The Kier molecular flexibility index (Phi) is 4.20. The zero-order valence-electron chi connectivity index (χ0n) is 15.1. The number of hydrogen-bond donors (Lipinski definition) is 0. The molecule has 4 rings (SSSR count). The molecule has 3 aromatic rings. The van der Waals surface area contributed by atoms with E-state index in [1.54, 1.807) is 35.4 Å². The van der Waals surface area contributed by atoms with Crippen molar-refractivity contribution in [1.29, 1.82) is 0 Å². The summed E-state index contributed by atoms with van der Waals surface area (Å²) in [5.74, 6) is 0.798. The third kappa shape index (κ3) is 2.76. The normalized spacial score (nSPS) is 17.8. The molecule has 134 valence electrons. The lowest BCUT2D eigenvalue weighted by molar-refractivity contribution is 0.229. The third-order valence-corrected chi connectivity index (χ3v) is 5.33. The van der Waals surface area contributed by atoms with Crippen molar-refractivity contribution in [2.45, 2.75) is 25.4 Å². The number of hydrogen-bond acceptors (Lipinski definition) is 4. The van der Waals surface area contributed by atoms with Gasteiger partial charge in [0.2, 0.25) is 5.56 Å². The van der Waals surface area contributed by atoms with Crippen molar-refractivity contribution in [3.8, 4) is 0 Å². The number of fused-ring (bicyclic) bond motifs is 1. The van der Waals surface area contributed by atoms with Gasteiger partial charge < -0.3 is 4.57 Å². The van der Waals surface area contributed by atoms with Crippen LogP contribution in [0.4, 0.5) is 0 Å². The van der Waals surface area contributed by atoms with Crippen LogP contribution in [0.15, 0.2) is 52.1 Å². The van der Waals surface area contributed by atoms with Gasteiger partial charge >= 0.3 is 0 Å². The molecule has 0 amide bonds. The van der Waals surface area contributed by atoms with Gasteiger partial charge in [-0.15, -0.1) is 0 Å². The molecule has 0 aliphatic carbocycles. The van der Waals surface area contributed by atoms with Crippen LogP contribution in [0.5, 0.6) is 0 Å².